The Kier molecular flexibility index (Phi) is 6.77. The molecule has 0 radical (unpaired) electrons. The van der Waals surface area contributed by atoms with Gasteiger partial charge in [-0.05, 0) is 37.5 Å². The zero-order valence-electron chi connectivity index (χ0n) is 13.1. The minimum Gasteiger partial charge on any atom is -0.342 e. The van der Waals surface area contributed by atoms with Gasteiger partial charge in [0.05, 0.1) is 11.5 Å². The Morgan fingerprint density at radius 2 is 1.86 bits per heavy atom. The highest BCUT2D eigenvalue weighted by atomic mass is 32.2. The Morgan fingerprint density at radius 1 is 1.14 bits per heavy atom. The van der Waals surface area contributed by atoms with Gasteiger partial charge in [0.2, 0.25) is 11.8 Å². The van der Waals surface area contributed by atoms with Gasteiger partial charge in [0.15, 0.2) is 0 Å². The third-order valence-electron chi connectivity index (χ3n) is 3.72. The van der Waals surface area contributed by atoms with E-state index in [9.17, 15) is 9.59 Å². The van der Waals surface area contributed by atoms with Gasteiger partial charge < -0.3 is 10.2 Å². The van der Waals surface area contributed by atoms with Crippen molar-refractivity contribution in [1.29, 1.82) is 0 Å². The predicted octanol–water partition coefficient (Wildman–Crippen LogP) is 3.07. The molecule has 1 aliphatic heterocycles. The molecule has 4 nitrogen and oxygen atoms in total. The molecule has 0 unspecified atom stereocenters. The molecule has 1 fully saturated rings. The van der Waals surface area contributed by atoms with Crippen LogP contribution >= 0.6 is 11.8 Å². The first-order valence-corrected chi connectivity index (χ1v) is 9.02. The molecule has 0 aliphatic carbocycles. The van der Waals surface area contributed by atoms with E-state index in [2.05, 4.69) is 5.32 Å². The fourth-order valence-electron chi connectivity index (χ4n) is 2.56. The molecule has 1 saturated heterocycles. The summed E-state index contributed by atoms with van der Waals surface area (Å²) in [6, 6.07) is 7.72. The highest BCUT2D eigenvalue weighted by molar-refractivity contribution is 8.00. The molecule has 2 amide bonds. The van der Waals surface area contributed by atoms with E-state index in [1.165, 1.54) is 24.6 Å². The van der Waals surface area contributed by atoms with E-state index in [-0.39, 0.29) is 11.8 Å². The number of nitrogens with zero attached hydrogens (tertiary/aromatic N) is 1. The molecule has 1 N–H and O–H groups in total. The molecule has 120 valence electrons. The second kappa shape index (κ2) is 8.83. The standard InChI is InChI=1S/C17H24N2O2S/c1-14-7-6-8-15(11-14)18-16(20)12-22-13-17(21)19-9-4-2-3-5-10-19/h6-8,11H,2-5,9-10,12-13H2,1H3,(H,18,20). The summed E-state index contributed by atoms with van der Waals surface area (Å²) >= 11 is 1.39. The lowest BCUT2D eigenvalue weighted by molar-refractivity contribution is -0.128. The molecule has 0 saturated carbocycles. The fourth-order valence-corrected chi connectivity index (χ4v) is 3.28. The number of thioether (sulfide) groups is 1. The summed E-state index contributed by atoms with van der Waals surface area (Å²) in [5.74, 6) is 0.809. The van der Waals surface area contributed by atoms with E-state index < -0.39 is 0 Å². The summed E-state index contributed by atoms with van der Waals surface area (Å²) in [5, 5.41) is 2.86. The molecule has 0 aromatic heterocycles. The van der Waals surface area contributed by atoms with Gasteiger partial charge >= 0.3 is 0 Å². The summed E-state index contributed by atoms with van der Waals surface area (Å²) in [6.45, 7) is 3.73. The maximum atomic E-state index is 12.1. The third-order valence-corrected chi connectivity index (χ3v) is 4.64. The second-order valence-corrected chi connectivity index (χ2v) is 6.69. The minimum absolute atomic E-state index is 0.0562. The van der Waals surface area contributed by atoms with E-state index in [1.54, 1.807) is 0 Å². The van der Waals surface area contributed by atoms with Crippen molar-refractivity contribution in [2.45, 2.75) is 32.6 Å². The maximum absolute atomic E-state index is 12.1. The van der Waals surface area contributed by atoms with Crippen molar-refractivity contribution in [3.63, 3.8) is 0 Å². The number of likely N-dealkylation sites (tertiary alicyclic amines) is 1. The van der Waals surface area contributed by atoms with E-state index in [4.69, 9.17) is 0 Å². The van der Waals surface area contributed by atoms with Crippen LogP contribution in [0.4, 0.5) is 5.69 Å². The highest BCUT2D eigenvalue weighted by Crippen LogP contribution is 2.13. The topological polar surface area (TPSA) is 49.4 Å². The van der Waals surface area contributed by atoms with Crippen LogP contribution in [0, 0.1) is 6.92 Å². The molecule has 0 atom stereocenters. The van der Waals surface area contributed by atoms with Crippen molar-refractivity contribution in [1.82, 2.24) is 4.90 Å². The number of hydrogen-bond donors (Lipinski definition) is 1. The van der Waals surface area contributed by atoms with E-state index in [0.29, 0.717) is 11.5 Å². The number of nitrogens with one attached hydrogen (secondary N) is 1. The Morgan fingerprint density at radius 3 is 2.55 bits per heavy atom. The van der Waals surface area contributed by atoms with Crippen LogP contribution in [0.15, 0.2) is 24.3 Å². The number of carbonyl (C=O) groups is 2. The van der Waals surface area contributed by atoms with Gasteiger partial charge in [0, 0.05) is 18.8 Å². The molecule has 1 aromatic rings. The molecule has 1 aliphatic rings. The smallest absolute Gasteiger partial charge is 0.234 e. The summed E-state index contributed by atoms with van der Waals surface area (Å²) < 4.78 is 0. The van der Waals surface area contributed by atoms with Gasteiger partial charge in [-0.25, -0.2) is 0 Å². The molecule has 5 heteroatoms. The third kappa shape index (κ3) is 5.72. The minimum atomic E-state index is -0.0562. The van der Waals surface area contributed by atoms with Crippen LogP contribution in [0.2, 0.25) is 0 Å². The largest absolute Gasteiger partial charge is 0.342 e. The molecule has 1 aromatic carbocycles. The van der Waals surface area contributed by atoms with Crippen LogP contribution in [0.3, 0.4) is 0 Å². The lowest BCUT2D eigenvalue weighted by Gasteiger charge is -2.19. The number of aryl methyl sites for hydroxylation is 1. The van der Waals surface area contributed by atoms with Crippen LogP contribution in [0.1, 0.15) is 31.2 Å². The summed E-state index contributed by atoms with van der Waals surface area (Å²) in [6.07, 6.45) is 4.64. The van der Waals surface area contributed by atoms with Crippen molar-refractivity contribution in [2.75, 3.05) is 29.9 Å². The summed E-state index contributed by atoms with van der Waals surface area (Å²) in [4.78, 5) is 25.9. The average Bonchev–Trinajstić information content (AvgIpc) is 2.76. The first kappa shape index (κ1) is 16.9. The average molecular weight is 320 g/mol. The van der Waals surface area contributed by atoms with E-state index >= 15 is 0 Å². The molecule has 1 heterocycles. The Labute approximate surface area is 136 Å². The Bertz CT molecular complexity index is 511. The zero-order valence-corrected chi connectivity index (χ0v) is 14.0. The van der Waals surface area contributed by atoms with Crippen molar-refractivity contribution in [2.24, 2.45) is 0 Å². The van der Waals surface area contributed by atoms with Crippen LogP contribution in [-0.4, -0.2) is 41.3 Å². The van der Waals surface area contributed by atoms with Crippen molar-refractivity contribution in [3.8, 4) is 0 Å². The first-order valence-electron chi connectivity index (χ1n) is 7.87. The van der Waals surface area contributed by atoms with Gasteiger partial charge in [0.25, 0.3) is 0 Å². The Balaban J connectivity index is 1.69. The zero-order chi connectivity index (χ0) is 15.8. The number of amides is 2. The van der Waals surface area contributed by atoms with E-state index in [1.807, 2.05) is 36.1 Å². The lowest BCUT2D eigenvalue weighted by atomic mass is 10.2. The van der Waals surface area contributed by atoms with Gasteiger partial charge in [0.1, 0.15) is 0 Å². The van der Waals surface area contributed by atoms with Crippen molar-refractivity contribution < 1.29 is 9.59 Å². The summed E-state index contributed by atoms with van der Waals surface area (Å²) in [5.41, 5.74) is 1.92. The molecule has 22 heavy (non-hydrogen) atoms. The number of benzene rings is 1. The van der Waals surface area contributed by atoms with E-state index in [0.717, 1.165) is 37.2 Å². The monoisotopic (exact) mass is 320 g/mol. The van der Waals surface area contributed by atoms with Crippen LogP contribution in [0.25, 0.3) is 0 Å². The molecular formula is C17H24N2O2S. The van der Waals surface area contributed by atoms with Crippen molar-refractivity contribution >= 4 is 29.3 Å². The number of anilines is 1. The SMILES string of the molecule is Cc1cccc(NC(=O)CSCC(=O)N2CCCCCC2)c1. The fraction of sp³-hybridized carbons (Fsp3) is 0.529. The van der Waals surface area contributed by atoms with Crippen molar-refractivity contribution in [3.05, 3.63) is 29.8 Å². The Hall–Kier alpha value is -1.49. The van der Waals surface area contributed by atoms with Gasteiger partial charge in [-0.3, -0.25) is 9.59 Å². The van der Waals surface area contributed by atoms with Crippen LogP contribution < -0.4 is 5.32 Å². The highest BCUT2D eigenvalue weighted by Gasteiger charge is 2.15. The summed E-state index contributed by atoms with van der Waals surface area (Å²) in [7, 11) is 0. The number of hydrogen-bond acceptors (Lipinski definition) is 3. The first-order chi connectivity index (χ1) is 10.6. The quantitative estimate of drug-likeness (QED) is 0.907. The molecular weight excluding hydrogens is 296 g/mol. The number of carbonyl (C=O) groups excluding carboxylic acids is 2. The predicted molar refractivity (Wildman–Crippen MR) is 92.2 cm³/mol. The molecule has 0 bridgehead atoms. The molecule has 2 rings (SSSR count). The van der Waals surface area contributed by atoms with Gasteiger partial charge in [-0.2, -0.15) is 0 Å². The van der Waals surface area contributed by atoms with Gasteiger partial charge in [-0.15, -0.1) is 11.8 Å². The van der Waals surface area contributed by atoms with Crippen LogP contribution in [0.5, 0.6) is 0 Å². The molecule has 0 spiro atoms. The van der Waals surface area contributed by atoms with Crippen LogP contribution in [-0.2, 0) is 9.59 Å². The lowest BCUT2D eigenvalue weighted by Crippen LogP contribution is -2.33. The van der Waals surface area contributed by atoms with Gasteiger partial charge in [-0.1, -0.05) is 25.0 Å². The normalized spacial score (nSPS) is 15.2. The maximum Gasteiger partial charge on any atom is 0.234 e. The number of rotatable bonds is 5. The second-order valence-electron chi connectivity index (χ2n) is 5.71.